The molecule has 0 bridgehead atoms. The van der Waals surface area contributed by atoms with Crippen molar-refractivity contribution in [3.05, 3.63) is 46.1 Å². The largest absolute Gasteiger partial charge is 0.514 e. The van der Waals surface area contributed by atoms with Crippen LogP contribution in [0.25, 0.3) is 16.7 Å². The number of primary amides is 1. The second kappa shape index (κ2) is 8.40. The maximum atomic E-state index is 12.2. The van der Waals surface area contributed by atoms with Gasteiger partial charge >= 0.3 is 12.2 Å². The van der Waals surface area contributed by atoms with Crippen molar-refractivity contribution in [2.45, 2.75) is 40.2 Å². The second-order valence-corrected chi connectivity index (χ2v) is 8.36. The van der Waals surface area contributed by atoms with Gasteiger partial charge < -0.3 is 19.9 Å². The Bertz CT molecular complexity index is 1280. The lowest BCUT2D eigenvalue weighted by atomic mass is 10.1. The molecule has 0 fully saturated rings. The normalized spacial score (nSPS) is 11.2. The standard InChI is InChI=1S/C22H21ClN4O5/c1-11-6-8-15(30-21(29)32-22(3,4)5)12(2)17(11)27-18-13(7-9-16(23)26-18)14(10-24)19(27)31-20(25)28/h6-9H,1-5H3,(H2,25,28). The van der Waals surface area contributed by atoms with Crippen LogP contribution < -0.4 is 15.2 Å². The number of rotatable bonds is 3. The lowest BCUT2D eigenvalue weighted by Crippen LogP contribution is -2.26. The summed E-state index contributed by atoms with van der Waals surface area (Å²) in [6, 6.07) is 8.46. The number of nitrogens with zero attached hydrogens (tertiary/aromatic N) is 3. The van der Waals surface area contributed by atoms with Gasteiger partial charge in [-0.2, -0.15) is 5.26 Å². The zero-order valence-electron chi connectivity index (χ0n) is 18.1. The molecule has 0 unspecified atom stereocenters. The van der Waals surface area contributed by atoms with Gasteiger partial charge in [0, 0.05) is 10.9 Å². The summed E-state index contributed by atoms with van der Waals surface area (Å²) < 4.78 is 17.3. The van der Waals surface area contributed by atoms with Crippen LogP contribution in [0.3, 0.4) is 0 Å². The molecule has 0 saturated heterocycles. The van der Waals surface area contributed by atoms with E-state index in [1.54, 1.807) is 52.8 Å². The van der Waals surface area contributed by atoms with Gasteiger partial charge in [-0.15, -0.1) is 0 Å². The van der Waals surface area contributed by atoms with Gasteiger partial charge in [-0.3, -0.25) is 4.57 Å². The van der Waals surface area contributed by atoms with Gasteiger partial charge in [0.25, 0.3) is 0 Å². The molecule has 0 aliphatic carbocycles. The van der Waals surface area contributed by atoms with E-state index in [2.05, 4.69) is 4.98 Å². The molecule has 2 N–H and O–H groups in total. The van der Waals surface area contributed by atoms with Crippen LogP contribution in [0.15, 0.2) is 24.3 Å². The fourth-order valence-corrected chi connectivity index (χ4v) is 3.40. The summed E-state index contributed by atoms with van der Waals surface area (Å²) in [5.74, 6) is 0.0950. The third kappa shape index (κ3) is 4.45. The summed E-state index contributed by atoms with van der Waals surface area (Å²) in [5, 5.41) is 10.3. The van der Waals surface area contributed by atoms with Gasteiger partial charge in [0.05, 0.1) is 5.69 Å². The molecule has 32 heavy (non-hydrogen) atoms. The third-order valence-electron chi connectivity index (χ3n) is 4.44. The van der Waals surface area contributed by atoms with Crippen molar-refractivity contribution in [3.63, 3.8) is 0 Å². The zero-order chi connectivity index (χ0) is 23.8. The highest BCUT2D eigenvalue weighted by Gasteiger charge is 2.26. The number of nitrogens with two attached hydrogens (primary N) is 1. The van der Waals surface area contributed by atoms with Crippen LogP contribution >= 0.6 is 11.6 Å². The average molecular weight is 457 g/mol. The molecule has 0 saturated carbocycles. The second-order valence-electron chi connectivity index (χ2n) is 7.97. The van der Waals surface area contributed by atoms with E-state index in [1.165, 1.54) is 10.6 Å². The number of carbonyl (C=O) groups is 2. The van der Waals surface area contributed by atoms with E-state index in [0.717, 1.165) is 5.56 Å². The van der Waals surface area contributed by atoms with Crippen molar-refractivity contribution < 1.29 is 23.8 Å². The van der Waals surface area contributed by atoms with Gasteiger partial charge in [-0.05, 0) is 58.4 Å². The maximum absolute atomic E-state index is 12.2. The number of aromatic nitrogens is 2. The monoisotopic (exact) mass is 456 g/mol. The molecule has 10 heteroatoms. The maximum Gasteiger partial charge on any atom is 0.514 e. The Morgan fingerprint density at radius 1 is 1.16 bits per heavy atom. The molecule has 2 aromatic heterocycles. The molecule has 0 atom stereocenters. The molecule has 166 valence electrons. The molecule has 1 aromatic carbocycles. The van der Waals surface area contributed by atoms with Gasteiger partial charge in [0.1, 0.15) is 28.1 Å². The highest BCUT2D eigenvalue weighted by molar-refractivity contribution is 6.29. The average Bonchev–Trinajstić information content (AvgIpc) is 2.94. The topological polar surface area (TPSA) is 129 Å². The Hall–Kier alpha value is -3.77. The van der Waals surface area contributed by atoms with Crippen LogP contribution in [0.2, 0.25) is 5.15 Å². The Kier molecular flexibility index (Phi) is 6.01. The van der Waals surface area contributed by atoms with Crippen molar-refractivity contribution >= 4 is 34.9 Å². The smallest absolute Gasteiger partial charge is 0.428 e. The molecule has 1 amide bonds. The number of aryl methyl sites for hydroxylation is 1. The molecular weight excluding hydrogens is 436 g/mol. The Morgan fingerprint density at radius 2 is 1.84 bits per heavy atom. The van der Waals surface area contributed by atoms with Gasteiger partial charge in [-0.25, -0.2) is 14.6 Å². The van der Waals surface area contributed by atoms with E-state index in [0.29, 0.717) is 16.6 Å². The Labute approximate surface area is 189 Å². The molecular formula is C22H21ClN4O5. The molecule has 3 rings (SSSR count). The predicted octanol–water partition coefficient (Wildman–Crippen LogP) is 4.94. The molecule has 0 spiro atoms. The SMILES string of the molecule is Cc1ccc(OC(=O)OC(C)(C)C)c(C)c1-n1c(OC(N)=O)c(C#N)c2ccc(Cl)nc21. The van der Waals surface area contributed by atoms with Crippen molar-refractivity contribution in [3.8, 4) is 23.4 Å². The third-order valence-corrected chi connectivity index (χ3v) is 4.65. The number of nitriles is 1. The number of pyridine rings is 1. The minimum Gasteiger partial charge on any atom is -0.428 e. The molecule has 9 nitrogen and oxygen atoms in total. The van der Waals surface area contributed by atoms with Crippen LogP contribution in [0.5, 0.6) is 11.6 Å². The number of hydrogen-bond donors (Lipinski definition) is 1. The van der Waals surface area contributed by atoms with Gasteiger partial charge in [-0.1, -0.05) is 17.7 Å². The van der Waals surface area contributed by atoms with Crippen LogP contribution in [-0.4, -0.2) is 27.4 Å². The first-order chi connectivity index (χ1) is 14.9. The first-order valence-corrected chi connectivity index (χ1v) is 9.90. The van der Waals surface area contributed by atoms with Crippen LogP contribution in [0, 0.1) is 25.2 Å². The fraction of sp³-hybridized carbons (Fsp3) is 0.273. The summed E-state index contributed by atoms with van der Waals surface area (Å²) in [5.41, 5.74) is 6.55. The van der Waals surface area contributed by atoms with Crippen molar-refractivity contribution in [2.24, 2.45) is 5.73 Å². The summed E-state index contributed by atoms with van der Waals surface area (Å²) in [7, 11) is 0. The molecule has 2 heterocycles. The summed E-state index contributed by atoms with van der Waals surface area (Å²) >= 11 is 6.10. The Morgan fingerprint density at radius 3 is 2.44 bits per heavy atom. The molecule has 0 aliphatic rings. The fourth-order valence-electron chi connectivity index (χ4n) is 3.25. The van der Waals surface area contributed by atoms with Crippen molar-refractivity contribution in [1.29, 1.82) is 5.26 Å². The number of ether oxygens (including phenoxy) is 3. The summed E-state index contributed by atoms with van der Waals surface area (Å²) in [4.78, 5) is 28.2. The summed E-state index contributed by atoms with van der Waals surface area (Å²) in [6.45, 7) is 8.67. The molecule has 0 radical (unpaired) electrons. The minimum atomic E-state index is -1.10. The van der Waals surface area contributed by atoms with E-state index in [4.69, 9.17) is 31.5 Å². The van der Waals surface area contributed by atoms with Gasteiger partial charge in [0.15, 0.2) is 5.65 Å². The lowest BCUT2D eigenvalue weighted by Gasteiger charge is -2.21. The van der Waals surface area contributed by atoms with E-state index in [1.807, 2.05) is 6.07 Å². The number of fused-ring (bicyclic) bond motifs is 1. The first-order valence-electron chi connectivity index (χ1n) is 9.52. The van der Waals surface area contributed by atoms with Crippen LogP contribution in [0.4, 0.5) is 9.59 Å². The van der Waals surface area contributed by atoms with Crippen LogP contribution in [0.1, 0.15) is 37.5 Å². The number of halogens is 1. The van der Waals surface area contributed by atoms with E-state index >= 15 is 0 Å². The Balaban J connectivity index is 2.29. The summed E-state index contributed by atoms with van der Waals surface area (Å²) in [6.07, 6.45) is -1.98. The molecule has 0 aliphatic heterocycles. The number of benzene rings is 1. The highest BCUT2D eigenvalue weighted by atomic mass is 35.5. The van der Waals surface area contributed by atoms with Gasteiger partial charge in [0.2, 0.25) is 5.88 Å². The van der Waals surface area contributed by atoms with Crippen molar-refractivity contribution in [2.75, 3.05) is 0 Å². The van der Waals surface area contributed by atoms with E-state index in [-0.39, 0.29) is 28.0 Å². The molecule has 3 aromatic rings. The highest BCUT2D eigenvalue weighted by Crippen LogP contribution is 2.39. The number of amides is 1. The quantitative estimate of drug-likeness (QED) is 0.335. The number of hydrogen-bond acceptors (Lipinski definition) is 7. The minimum absolute atomic E-state index is 0.0558. The first kappa shape index (κ1) is 22.9. The predicted molar refractivity (Wildman–Crippen MR) is 117 cm³/mol. The van der Waals surface area contributed by atoms with Crippen LogP contribution in [-0.2, 0) is 4.74 Å². The van der Waals surface area contributed by atoms with E-state index < -0.39 is 17.8 Å². The zero-order valence-corrected chi connectivity index (χ0v) is 18.9. The number of carbonyl (C=O) groups excluding carboxylic acids is 2. The van der Waals surface area contributed by atoms with E-state index in [9.17, 15) is 14.9 Å². The van der Waals surface area contributed by atoms with Crippen molar-refractivity contribution in [1.82, 2.24) is 9.55 Å². The lowest BCUT2D eigenvalue weighted by molar-refractivity contribution is 0.0205.